The second-order valence-corrected chi connectivity index (χ2v) is 8.15. The van der Waals surface area contributed by atoms with E-state index in [4.69, 9.17) is 0 Å². The third-order valence-electron chi connectivity index (χ3n) is 6.69. The standard InChI is InChI=1S/C28H23N/c1-3-18-17(2)15-25-24(18)16-26-23(13-8-14-29-26)28(25)27-21-11-6-4-9-19(21)20-10-5-7-12-22(20)27/h4-16,27,29H,3H2,1-2H3. The average molecular weight is 373 g/mol. The molecule has 0 spiro atoms. The van der Waals surface area contributed by atoms with Gasteiger partial charge in [0, 0.05) is 23.0 Å². The van der Waals surface area contributed by atoms with E-state index in [1.807, 2.05) is 6.20 Å². The van der Waals surface area contributed by atoms with Gasteiger partial charge < -0.3 is 4.98 Å². The maximum Gasteiger partial charge on any atom is 0.0463 e. The summed E-state index contributed by atoms with van der Waals surface area (Å²) < 4.78 is 0. The van der Waals surface area contributed by atoms with Gasteiger partial charge in [-0.05, 0) is 75.2 Å². The first-order valence-corrected chi connectivity index (χ1v) is 10.5. The molecule has 5 aromatic rings. The van der Waals surface area contributed by atoms with Gasteiger partial charge in [0.05, 0.1) is 0 Å². The Morgan fingerprint density at radius 1 is 0.759 bits per heavy atom. The van der Waals surface area contributed by atoms with Gasteiger partial charge in [0.1, 0.15) is 0 Å². The molecule has 1 N–H and O–H groups in total. The minimum absolute atomic E-state index is 0.260. The molecule has 0 bridgehead atoms. The molecule has 4 aromatic carbocycles. The van der Waals surface area contributed by atoms with E-state index < -0.39 is 0 Å². The second-order valence-electron chi connectivity index (χ2n) is 8.15. The van der Waals surface area contributed by atoms with E-state index in [0.717, 1.165) is 6.42 Å². The van der Waals surface area contributed by atoms with Crippen LogP contribution in [0.2, 0.25) is 0 Å². The van der Waals surface area contributed by atoms with E-state index in [0.29, 0.717) is 0 Å². The van der Waals surface area contributed by atoms with E-state index in [9.17, 15) is 0 Å². The van der Waals surface area contributed by atoms with Gasteiger partial charge in [0.2, 0.25) is 0 Å². The lowest BCUT2D eigenvalue weighted by atomic mass is 9.84. The first-order valence-electron chi connectivity index (χ1n) is 10.5. The van der Waals surface area contributed by atoms with Crippen LogP contribution in [0.3, 0.4) is 0 Å². The predicted octanol–water partition coefficient (Wildman–Crippen LogP) is 7.35. The molecule has 0 saturated carbocycles. The van der Waals surface area contributed by atoms with Crippen LogP contribution in [0.15, 0.2) is 79.0 Å². The van der Waals surface area contributed by atoms with Crippen molar-refractivity contribution in [2.24, 2.45) is 0 Å². The molecule has 140 valence electrons. The van der Waals surface area contributed by atoms with Crippen molar-refractivity contribution in [1.29, 1.82) is 0 Å². The summed E-state index contributed by atoms with van der Waals surface area (Å²) in [6.07, 6.45) is 3.10. The van der Waals surface area contributed by atoms with Crippen LogP contribution in [0.25, 0.3) is 32.8 Å². The third kappa shape index (κ3) is 2.22. The SMILES string of the molecule is CCc1c(C)cc2c(C3c4ccccc4-c4ccccc43)c3ccc[nH]c3cc12. The largest absolute Gasteiger partial charge is 0.361 e. The van der Waals surface area contributed by atoms with Crippen molar-refractivity contribution in [2.75, 3.05) is 0 Å². The summed E-state index contributed by atoms with van der Waals surface area (Å²) in [5.41, 5.74) is 11.1. The van der Waals surface area contributed by atoms with Gasteiger partial charge in [-0.3, -0.25) is 0 Å². The molecule has 0 aliphatic heterocycles. The van der Waals surface area contributed by atoms with Crippen molar-refractivity contribution in [3.8, 4) is 11.1 Å². The molecule has 1 heteroatoms. The zero-order valence-corrected chi connectivity index (χ0v) is 16.8. The quantitative estimate of drug-likeness (QED) is 0.326. The van der Waals surface area contributed by atoms with Crippen LogP contribution in [-0.4, -0.2) is 4.98 Å². The average Bonchev–Trinajstić information content (AvgIpc) is 3.26. The Morgan fingerprint density at radius 2 is 1.45 bits per heavy atom. The van der Waals surface area contributed by atoms with Gasteiger partial charge >= 0.3 is 0 Å². The highest BCUT2D eigenvalue weighted by Gasteiger charge is 2.32. The van der Waals surface area contributed by atoms with Gasteiger partial charge in [-0.1, -0.05) is 67.6 Å². The lowest BCUT2D eigenvalue weighted by molar-refractivity contribution is 1.04. The van der Waals surface area contributed by atoms with Crippen LogP contribution < -0.4 is 0 Å². The molecule has 0 saturated heterocycles. The van der Waals surface area contributed by atoms with Crippen LogP contribution in [-0.2, 0) is 6.42 Å². The van der Waals surface area contributed by atoms with E-state index in [1.54, 1.807) is 0 Å². The molecule has 1 aromatic heterocycles. The second kappa shape index (κ2) is 6.09. The van der Waals surface area contributed by atoms with Gasteiger partial charge in [0.25, 0.3) is 0 Å². The van der Waals surface area contributed by atoms with Gasteiger partial charge in [0.15, 0.2) is 0 Å². The predicted molar refractivity (Wildman–Crippen MR) is 123 cm³/mol. The number of pyridine rings is 1. The maximum atomic E-state index is 3.52. The number of aromatic amines is 1. The smallest absolute Gasteiger partial charge is 0.0463 e. The Bertz CT molecular complexity index is 1360. The fourth-order valence-electron chi connectivity index (χ4n) is 5.48. The Morgan fingerprint density at radius 3 is 2.14 bits per heavy atom. The van der Waals surface area contributed by atoms with Crippen LogP contribution >= 0.6 is 0 Å². The molecule has 0 amide bonds. The highest BCUT2D eigenvalue weighted by Crippen LogP contribution is 2.51. The molecule has 0 atom stereocenters. The number of benzene rings is 3. The number of aryl methyl sites for hydroxylation is 2. The molecule has 1 aliphatic carbocycles. The van der Waals surface area contributed by atoms with Crippen molar-refractivity contribution < 1.29 is 0 Å². The fourth-order valence-corrected chi connectivity index (χ4v) is 5.48. The van der Waals surface area contributed by atoms with E-state index >= 15 is 0 Å². The first kappa shape index (κ1) is 16.6. The summed E-state index contributed by atoms with van der Waals surface area (Å²) in [4.78, 5) is 3.52. The molecule has 29 heavy (non-hydrogen) atoms. The monoisotopic (exact) mass is 373 g/mol. The molecule has 1 aliphatic rings. The Hall–Kier alpha value is -3.32. The van der Waals surface area contributed by atoms with Crippen molar-refractivity contribution in [1.82, 2.24) is 4.98 Å². The van der Waals surface area contributed by atoms with Crippen LogP contribution in [0.4, 0.5) is 0 Å². The molecular weight excluding hydrogens is 350 g/mol. The normalized spacial score (nSPS) is 13.2. The summed E-state index contributed by atoms with van der Waals surface area (Å²) in [6.45, 7) is 4.52. The lowest BCUT2D eigenvalue weighted by Crippen LogP contribution is -2.01. The molecule has 0 radical (unpaired) electrons. The summed E-state index contributed by atoms with van der Waals surface area (Å²) >= 11 is 0. The third-order valence-corrected chi connectivity index (χ3v) is 6.69. The summed E-state index contributed by atoms with van der Waals surface area (Å²) in [5.74, 6) is 0.260. The number of fused-ring (bicyclic) bond motifs is 5. The summed E-state index contributed by atoms with van der Waals surface area (Å²) in [5, 5.41) is 4.13. The zero-order chi connectivity index (χ0) is 19.5. The molecule has 1 nitrogen and oxygen atoms in total. The number of H-pyrrole nitrogens is 1. The number of nitrogens with one attached hydrogen (secondary N) is 1. The minimum atomic E-state index is 0.260. The minimum Gasteiger partial charge on any atom is -0.361 e. The molecule has 6 rings (SSSR count). The highest BCUT2D eigenvalue weighted by atomic mass is 14.6. The van der Waals surface area contributed by atoms with Crippen LogP contribution in [0, 0.1) is 6.92 Å². The Kier molecular flexibility index (Phi) is 3.49. The number of hydrogen-bond donors (Lipinski definition) is 1. The van der Waals surface area contributed by atoms with Crippen molar-refractivity contribution in [2.45, 2.75) is 26.2 Å². The van der Waals surface area contributed by atoms with Crippen molar-refractivity contribution in [3.05, 3.63) is 107 Å². The lowest BCUT2D eigenvalue weighted by Gasteiger charge is -2.19. The molecule has 1 heterocycles. The fraction of sp³-hybridized carbons (Fsp3) is 0.143. The Balaban J connectivity index is 1.80. The summed E-state index contributed by atoms with van der Waals surface area (Å²) in [6, 6.07) is 27.0. The van der Waals surface area contributed by atoms with E-state index in [2.05, 4.69) is 91.6 Å². The first-order chi connectivity index (χ1) is 14.3. The van der Waals surface area contributed by atoms with Crippen molar-refractivity contribution >= 4 is 21.7 Å². The molecule has 0 fully saturated rings. The maximum absolute atomic E-state index is 3.52. The topological polar surface area (TPSA) is 15.8 Å². The van der Waals surface area contributed by atoms with E-state index in [1.165, 1.54) is 60.6 Å². The van der Waals surface area contributed by atoms with Gasteiger partial charge in [-0.25, -0.2) is 0 Å². The summed E-state index contributed by atoms with van der Waals surface area (Å²) in [7, 11) is 0. The number of hydrogen-bond acceptors (Lipinski definition) is 0. The van der Waals surface area contributed by atoms with Gasteiger partial charge in [-0.15, -0.1) is 0 Å². The number of rotatable bonds is 2. The number of aromatic nitrogens is 1. The van der Waals surface area contributed by atoms with E-state index in [-0.39, 0.29) is 5.92 Å². The Labute approximate surface area is 171 Å². The molecule has 0 unspecified atom stereocenters. The van der Waals surface area contributed by atoms with Crippen molar-refractivity contribution in [3.63, 3.8) is 0 Å². The molecular formula is C28H23N. The van der Waals surface area contributed by atoms with Crippen LogP contribution in [0.5, 0.6) is 0 Å². The highest BCUT2D eigenvalue weighted by molar-refractivity contribution is 6.06. The van der Waals surface area contributed by atoms with Crippen LogP contribution in [0.1, 0.15) is 40.7 Å². The zero-order valence-electron chi connectivity index (χ0n) is 16.8. The van der Waals surface area contributed by atoms with Gasteiger partial charge in [-0.2, -0.15) is 0 Å².